The van der Waals surface area contributed by atoms with Crippen molar-refractivity contribution in [3.63, 3.8) is 0 Å². The number of benzene rings is 1. The summed E-state index contributed by atoms with van der Waals surface area (Å²) in [6, 6.07) is 8.47. The third kappa shape index (κ3) is 8.62. The zero-order valence-electron chi connectivity index (χ0n) is 25.7. The van der Waals surface area contributed by atoms with Crippen molar-refractivity contribution < 1.29 is 19.1 Å². The molecule has 2 saturated carbocycles. The van der Waals surface area contributed by atoms with Crippen LogP contribution < -0.4 is 15.8 Å². The van der Waals surface area contributed by atoms with Gasteiger partial charge in [-0.2, -0.15) is 0 Å². The predicted molar refractivity (Wildman–Crippen MR) is 175 cm³/mol. The van der Waals surface area contributed by atoms with Gasteiger partial charge in [0.1, 0.15) is 6.04 Å². The van der Waals surface area contributed by atoms with E-state index in [4.69, 9.17) is 22.1 Å². The molecule has 10 heteroatoms. The van der Waals surface area contributed by atoms with Gasteiger partial charge in [0.05, 0.1) is 17.6 Å². The summed E-state index contributed by atoms with van der Waals surface area (Å²) in [7, 11) is 0. The predicted octanol–water partition coefficient (Wildman–Crippen LogP) is 6.34. The Labute approximate surface area is 270 Å². The van der Waals surface area contributed by atoms with Crippen LogP contribution in [0.1, 0.15) is 87.5 Å². The zero-order chi connectivity index (χ0) is 30.9. The van der Waals surface area contributed by atoms with E-state index in [1.54, 1.807) is 34.4 Å². The number of nitrogens with two attached hydrogens (primary N) is 1. The summed E-state index contributed by atoms with van der Waals surface area (Å²) in [4.78, 5) is 46.1. The second kappa shape index (κ2) is 16.2. The molecule has 0 unspecified atom stereocenters. The molecule has 2 atom stereocenters. The lowest BCUT2D eigenvalue weighted by atomic mass is 9.83. The number of carbonyl (C=O) groups is 3. The summed E-state index contributed by atoms with van der Waals surface area (Å²) in [6.45, 7) is 0.894. The van der Waals surface area contributed by atoms with E-state index in [0.717, 1.165) is 37.0 Å². The summed E-state index contributed by atoms with van der Waals surface area (Å²) in [6.07, 6.45) is 13.0. The Morgan fingerprint density at radius 3 is 2.45 bits per heavy atom. The maximum Gasteiger partial charge on any atom is 0.415 e. The number of carbonyl (C=O) groups excluding carboxylic acids is 3. The standard InChI is InChI=1S/C34H47ClN4O4S/c35-32-25(22-36)11-7-15-31(32)43-34(42)38-18-19-39(29(23-38)30(40)17-16-27-14-8-20-44-27)33(41)28(21-24-9-3-1-4-10-24)37-26-12-5-2-6-13-26/h7-8,11,14-15,20,24,26,28-29,37H,1-6,9-10,12-13,16-19,21-23,36H2/t28-,29+/m1/s1. The molecule has 1 saturated heterocycles. The van der Waals surface area contributed by atoms with E-state index in [0.29, 0.717) is 35.4 Å². The molecule has 2 aromatic rings. The molecule has 3 N–H and O–H groups in total. The first-order chi connectivity index (χ1) is 21.4. The number of piperazine rings is 1. The van der Waals surface area contributed by atoms with Crippen molar-refractivity contribution in [3.05, 3.63) is 51.2 Å². The average Bonchev–Trinajstić information content (AvgIpc) is 3.58. The van der Waals surface area contributed by atoms with Crippen LogP contribution >= 0.6 is 22.9 Å². The third-order valence-corrected chi connectivity index (χ3v) is 11.0. The first kappa shape index (κ1) is 32.9. The number of nitrogens with one attached hydrogen (secondary N) is 1. The average molecular weight is 643 g/mol. The van der Waals surface area contributed by atoms with Gasteiger partial charge in [-0.25, -0.2) is 4.79 Å². The van der Waals surface area contributed by atoms with Crippen LogP contribution in [0, 0.1) is 5.92 Å². The molecule has 3 fully saturated rings. The van der Waals surface area contributed by atoms with E-state index in [1.165, 1.54) is 43.4 Å². The number of halogens is 1. The number of ketones is 1. The first-order valence-corrected chi connectivity index (χ1v) is 17.7. The van der Waals surface area contributed by atoms with Gasteiger partial charge in [-0.3, -0.25) is 9.59 Å². The van der Waals surface area contributed by atoms with Crippen molar-refractivity contribution in [1.82, 2.24) is 15.1 Å². The smallest absolute Gasteiger partial charge is 0.409 e. The lowest BCUT2D eigenvalue weighted by Gasteiger charge is -2.42. The maximum absolute atomic E-state index is 14.4. The van der Waals surface area contributed by atoms with E-state index in [2.05, 4.69) is 5.32 Å². The Morgan fingerprint density at radius 1 is 1.00 bits per heavy atom. The molecular formula is C34H47ClN4O4S. The number of hydrogen-bond donors (Lipinski definition) is 2. The van der Waals surface area contributed by atoms with Crippen molar-refractivity contribution in [2.24, 2.45) is 11.7 Å². The van der Waals surface area contributed by atoms with Gasteiger partial charge in [0, 0.05) is 37.0 Å². The van der Waals surface area contributed by atoms with Gasteiger partial charge in [-0.05, 0) is 54.7 Å². The third-order valence-electron chi connectivity index (χ3n) is 9.59. The Hall–Kier alpha value is -2.46. The van der Waals surface area contributed by atoms with Crippen LogP contribution in [0.5, 0.6) is 5.75 Å². The second-order valence-corrected chi connectivity index (χ2v) is 14.0. The number of aryl methyl sites for hydroxylation is 1. The van der Waals surface area contributed by atoms with E-state index in [9.17, 15) is 14.4 Å². The second-order valence-electron chi connectivity index (χ2n) is 12.6. The molecule has 1 aromatic carbocycles. The monoisotopic (exact) mass is 642 g/mol. The molecule has 0 bridgehead atoms. The summed E-state index contributed by atoms with van der Waals surface area (Å²) < 4.78 is 5.69. The van der Waals surface area contributed by atoms with E-state index in [-0.39, 0.29) is 49.7 Å². The highest BCUT2D eigenvalue weighted by molar-refractivity contribution is 7.09. The van der Waals surface area contributed by atoms with E-state index in [1.807, 2.05) is 17.5 Å². The van der Waals surface area contributed by atoms with E-state index >= 15 is 0 Å². The Bertz CT molecular complexity index is 1230. The van der Waals surface area contributed by atoms with E-state index < -0.39 is 12.1 Å². The molecule has 44 heavy (non-hydrogen) atoms. The molecule has 5 rings (SSSR count). The molecule has 240 valence electrons. The van der Waals surface area contributed by atoms with Crippen molar-refractivity contribution in [2.75, 3.05) is 19.6 Å². The minimum atomic E-state index is -0.725. The lowest BCUT2D eigenvalue weighted by molar-refractivity contribution is -0.145. The topological polar surface area (TPSA) is 105 Å². The van der Waals surface area contributed by atoms with Gasteiger partial charge in [0.25, 0.3) is 0 Å². The maximum atomic E-state index is 14.4. The summed E-state index contributed by atoms with van der Waals surface area (Å²) in [5.41, 5.74) is 6.46. The molecule has 0 spiro atoms. The number of thiophene rings is 1. The van der Waals surface area contributed by atoms with Crippen LogP contribution in [-0.4, -0.2) is 65.3 Å². The van der Waals surface area contributed by atoms with Crippen molar-refractivity contribution in [1.29, 1.82) is 0 Å². The quantitative estimate of drug-likeness (QED) is 0.297. The molecule has 2 aliphatic carbocycles. The fourth-order valence-corrected chi connectivity index (χ4v) is 8.01. The minimum absolute atomic E-state index is 0.00216. The SMILES string of the molecule is NCc1cccc(OC(=O)N2CCN(C(=O)[C@@H](CC3CCCCC3)NC3CCCCC3)[C@H](C(=O)CCc3cccs3)C2)c1Cl. The zero-order valence-corrected chi connectivity index (χ0v) is 27.3. The van der Waals surface area contributed by atoms with Gasteiger partial charge in [-0.1, -0.05) is 81.2 Å². The van der Waals surface area contributed by atoms with Crippen LogP contribution in [0.2, 0.25) is 5.02 Å². The van der Waals surface area contributed by atoms with Crippen molar-refractivity contribution in [3.8, 4) is 5.75 Å². The molecule has 1 aliphatic heterocycles. The van der Waals surface area contributed by atoms with Gasteiger partial charge in [0.15, 0.2) is 11.5 Å². The fourth-order valence-electron chi connectivity index (χ4n) is 7.06. The Kier molecular flexibility index (Phi) is 12.1. The van der Waals surface area contributed by atoms with Crippen LogP contribution in [-0.2, 0) is 22.6 Å². The van der Waals surface area contributed by atoms with Gasteiger partial charge in [-0.15, -0.1) is 11.3 Å². The molecular weight excluding hydrogens is 596 g/mol. The van der Waals surface area contributed by atoms with Crippen molar-refractivity contribution >= 4 is 40.7 Å². The van der Waals surface area contributed by atoms with Crippen LogP contribution in [0.4, 0.5) is 4.79 Å². The summed E-state index contributed by atoms with van der Waals surface area (Å²) in [5, 5.41) is 6.08. The first-order valence-electron chi connectivity index (χ1n) is 16.5. The number of hydrogen-bond acceptors (Lipinski definition) is 7. The van der Waals surface area contributed by atoms with Gasteiger partial charge in [0.2, 0.25) is 5.91 Å². The normalized spacial score (nSPS) is 20.8. The molecule has 2 amide bonds. The highest BCUT2D eigenvalue weighted by Crippen LogP contribution is 2.31. The summed E-state index contributed by atoms with van der Waals surface area (Å²) >= 11 is 8.06. The number of amides is 2. The number of nitrogens with zero attached hydrogens (tertiary/aromatic N) is 2. The Balaban J connectivity index is 1.33. The molecule has 8 nitrogen and oxygen atoms in total. The highest BCUT2D eigenvalue weighted by Gasteiger charge is 2.40. The van der Waals surface area contributed by atoms with Crippen LogP contribution in [0.25, 0.3) is 0 Å². The van der Waals surface area contributed by atoms with Gasteiger partial charge >= 0.3 is 6.09 Å². The molecule has 0 radical (unpaired) electrons. The number of rotatable bonds is 11. The lowest BCUT2D eigenvalue weighted by Crippen LogP contribution is -2.63. The molecule has 3 aliphatic rings. The van der Waals surface area contributed by atoms with Gasteiger partial charge < -0.3 is 25.6 Å². The molecule has 1 aromatic heterocycles. The Morgan fingerprint density at radius 2 is 1.75 bits per heavy atom. The number of Topliss-reactive ketones (excluding diaryl/α,β-unsaturated/α-hetero) is 1. The van der Waals surface area contributed by atoms with Crippen LogP contribution in [0.15, 0.2) is 35.7 Å². The fraction of sp³-hybridized carbons (Fsp3) is 0.618. The van der Waals surface area contributed by atoms with Crippen LogP contribution in [0.3, 0.4) is 0 Å². The largest absolute Gasteiger partial charge is 0.415 e. The minimum Gasteiger partial charge on any atom is -0.409 e. The highest BCUT2D eigenvalue weighted by atomic mass is 35.5. The number of ether oxygens (including phenoxy) is 1. The van der Waals surface area contributed by atoms with Crippen molar-refractivity contribution in [2.45, 2.75) is 108 Å². The molecule has 2 heterocycles. The summed E-state index contributed by atoms with van der Waals surface area (Å²) in [5.74, 6) is 0.735.